The maximum atomic E-state index is 13.5. The number of carbonyl (C=O) groups is 3. The van der Waals surface area contributed by atoms with Crippen molar-refractivity contribution in [2.75, 3.05) is 11.7 Å². The highest BCUT2D eigenvalue weighted by Crippen LogP contribution is 2.47. The number of imide groups is 1. The molecule has 3 aliphatic heterocycles. The highest BCUT2D eigenvalue weighted by molar-refractivity contribution is 6.42. The Morgan fingerprint density at radius 1 is 0.861 bits per heavy atom. The summed E-state index contributed by atoms with van der Waals surface area (Å²) in [6, 6.07) is 11.4. The number of rotatable bonds is 4. The first-order chi connectivity index (χ1) is 17.3. The molecule has 3 aromatic carbocycles. The molecule has 3 aromatic rings. The van der Waals surface area contributed by atoms with E-state index >= 15 is 0 Å². The van der Waals surface area contributed by atoms with Gasteiger partial charge in [0.2, 0.25) is 6.79 Å². The number of nitro groups is 1. The quantitative estimate of drug-likeness (QED) is 0.214. The van der Waals surface area contributed by atoms with Crippen LogP contribution in [0.4, 0.5) is 11.4 Å². The largest absolute Gasteiger partial charge is 0.454 e. The Morgan fingerprint density at radius 2 is 1.64 bits per heavy atom. The molecule has 3 heterocycles. The number of hydrogen-bond donors (Lipinski definition) is 0. The van der Waals surface area contributed by atoms with Crippen LogP contribution in [0.2, 0.25) is 10.0 Å². The molecular weight excluding hydrogens is 513 g/mol. The standard InChI is InChI=1S/C24H13Cl2N3O7/c25-14-6-5-12(9-15(14)26)27-20(11-4-7-17-18(8-11)36-10-35-17)21(24(27)32)28-22(30)13-2-1-3-16(29(33)34)19(13)23(28)31/h1-9,20-21H,10H2. The zero-order valence-electron chi connectivity index (χ0n) is 18.0. The van der Waals surface area contributed by atoms with Crippen LogP contribution < -0.4 is 14.4 Å². The van der Waals surface area contributed by atoms with Crippen molar-refractivity contribution >= 4 is 52.3 Å². The van der Waals surface area contributed by atoms with Crippen LogP contribution >= 0.6 is 23.2 Å². The van der Waals surface area contributed by atoms with Gasteiger partial charge in [-0.3, -0.25) is 29.4 Å². The number of nitrogens with zero attached hydrogens (tertiary/aromatic N) is 3. The second-order valence-electron chi connectivity index (χ2n) is 8.25. The van der Waals surface area contributed by atoms with Gasteiger partial charge in [0.15, 0.2) is 11.5 Å². The number of fused-ring (bicyclic) bond motifs is 2. The third-order valence-electron chi connectivity index (χ3n) is 6.39. The fourth-order valence-corrected chi connectivity index (χ4v) is 5.06. The Labute approximate surface area is 212 Å². The van der Waals surface area contributed by atoms with Crippen molar-refractivity contribution in [3.05, 3.63) is 91.4 Å². The maximum Gasteiger partial charge on any atom is 0.282 e. The predicted octanol–water partition coefficient (Wildman–Crippen LogP) is 4.38. The molecule has 12 heteroatoms. The molecule has 0 aromatic heterocycles. The minimum Gasteiger partial charge on any atom is -0.454 e. The lowest BCUT2D eigenvalue weighted by atomic mass is 9.86. The minimum absolute atomic E-state index is 0.0321. The molecule has 3 aliphatic rings. The second kappa shape index (κ2) is 7.94. The topological polar surface area (TPSA) is 119 Å². The average Bonchev–Trinajstić information content (AvgIpc) is 3.42. The molecule has 0 saturated carbocycles. The first kappa shape index (κ1) is 22.3. The van der Waals surface area contributed by atoms with Gasteiger partial charge in [-0.25, -0.2) is 0 Å². The van der Waals surface area contributed by atoms with Crippen molar-refractivity contribution in [3.8, 4) is 11.5 Å². The summed E-state index contributed by atoms with van der Waals surface area (Å²) in [5.41, 5.74) is -0.00451. The summed E-state index contributed by atoms with van der Waals surface area (Å²) < 4.78 is 10.8. The first-order valence-corrected chi connectivity index (χ1v) is 11.4. The van der Waals surface area contributed by atoms with Crippen molar-refractivity contribution in [1.29, 1.82) is 0 Å². The fraction of sp³-hybridized carbons (Fsp3) is 0.125. The van der Waals surface area contributed by atoms with Gasteiger partial charge in [-0.2, -0.15) is 0 Å². The van der Waals surface area contributed by atoms with E-state index in [4.69, 9.17) is 32.7 Å². The van der Waals surface area contributed by atoms with Gasteiger partial charge in [-0.15, -0.1) is 0 Å². The van der Waals surface area contributed by atoms with Crippen molar-refractivity contribution in [2.24, 2.45) is 0 Å². The zero-order chi connectivity index (χ0) is 25.3. The minimum atomic E-state index is -1.26. The Hall–Kier alpha value is -4.15. The summed E-state index contributed by atoms with van der Waals surface area (Å²) in [4.78, 5) is 53.2. The Balaban J connectivity index is 1.46. The summed E-state index contributed by atoms with van der Waals surface area (Å²) in [6.45, 7) is 0.0321. The monoisotopic (exact) mass is 525 g/mol. The molecular formula is C24H13Cl2N3O7. The summed E-state index contributed by atoms with van der Waals surface area (Å²) in [5, 5.41) is 12.0. The number of β-lactam (4-membered cyclic amide) rings is 1. The molecule has 3 amide bonds. The van der Waals surface area contributed by atoms with Crippen LogP contribution in [-0.2, 0) is 4.79 Å². The van der Waals surface area contributed by atoms with E-state index in [1.54, 1.807) is 24.3 Å². The normalized spacial score (nSPS) is 20.0. The molecule has 0 radical (unpaired) electrons. The smallest absolute Gasteiger partial charge is 0.282 e. The maximum absolute atomic E-state index is 13.5. The van der Waals surface area contributed by atoms with E-state index < -0.39 is 40.4 Å². The lowest BCUT2D eigenvalue weighted by Gasteiger charge is -2.49. The summed E-state index contributed by atoms with van der Waals surface area (Å²) in [7, 11) is 0. The van der Waals surface area contributed by atoms with Crippen molar-refractivity contribution in [3.63, 3.8) is 0 Å². The van der Waals surface area contributed by atoms with Crippen LogP contribution in [0.25, 0.3) is 0 Å². The third kappa shape index (κ3) is 3.08. The molecule has 1 saturated heterocycles. The number of halogens is 2. The molecule has 2 atom stereocenters. The molecule has 6 rings (SSSR count). The van der Waals surface area contributed by atoms with Crippen LogP contribution in [0, 0.1) is 10.1 Å². The van der Waals surface area contributed by atoms with E-state index in [1.807, 2.05) is 0 Å². The average molecular weight is 526 g/mol. The lowest BCUT2D eigenvalue weighted by Crippen LogP contribution is -2.67. The number of carbonyl (C=O) groups excluding carboxylic acids is 3. The number of anilines is 1. The highest BCUT2D eigenvalue weighted by atomic mass is 35.5. The van der Waals surface area contributed by atoms with Crippen molar-refractivity contribution in [2.45, 2.75) is 12.1 Å². The molecule has 0 aliphatic carbocycles. The van der Waals surface area contributed by atoms with Gasteiger partial charge in [0.25, 0.3) is 23.4 Å². The van der Waals surface area contributed by atoms with Crippen LogP contribution in [0.5, 0.6) is 11.5 Å². The molecule has 36 heavy (non-hydrogen) atoms. The number of benzene rings is 3. The lowest BCUT2D eigenvalue weighted by molar-refractivity contribution is -0.385. The SMILES string of the molecule is O=C1c2cccc([N+](=O)[O-])c2C(=O)N1C1C(=O)N(c2ccc(Cl)c(Cl)c2)C1c1ccc2c(c1)OCO2. The van der Waals surface area contributed by atoms with Crippen LogP contribution in [0.15, 0.2) is 54.6 Å². The number of ether oxygens (including phenoxy) is 2. The van der Waals surface area contributed by atoms with E-state index in [9.17, 15) is 24.5 Å². The number of nitro benzene ring substituents is 1. The Kier molecular flexibility index (Phi) is 4.92. The van der Waals surface area contributed by atoms with E-state index in [0.717, 1.165) is 11.0 Å². The highest BCUT2D eigenvalue weighted by Gasteiger charge is 2.58. The van der Waals surface area contributed by atoms with Gasteiger partial charge in [0.1, 0.15) is 11.6 Å². The van der Waals surface area contributed by atoms with E-state index in [-0.39, 0.29) is 28.0 Å². The number of amides is 3. The number of hydrogen-bond acceptors (Lipinski definition) is 7. The molecule has 10 nitrogen and oxygen atoms in total. The predicted molar refractivity (Wildman–Crippen MR) is 127 cm³/mol. The second-order valence-corrected chi connectivity index (χ2v) is 9.06. The van der Waals surface area contributed by atoms with E-state index in [2.05, 4.69) is 0 Å². The fourth-order valence-electron chi connectivity index (χ4n) is 4.77. The van der Waals surface area contributed by atoms with Gasteiger partial charge in [-0.05, 0) is 42.0 Å². The Bertz CT molecular complexity index is 1530. The summed E-state index contributed by atoms with van der Waals surface area (Å²) >= 11 is 12.2. The molecule has 180 valence electrons. The van der Waals surface area contributed by atoms with Crippen LogP contribution in [0.3, 0.4) is 0 Å². The summed E-state index contributed by atoms with van der Waals surface area (Å²) in [5.74, 6) is -1.29. The summed E-state index contributed by atoms with van der Waals surface area (Å²) in [6.07, 6.45) is 0. The van der Waals surface area contributed by atoms with Gasteiger partial charge in [0.05, 0.1) is 26.6 Å². The Morgan fingerprint density at radius 3 is 2.39 bits per heavy atom. The van der Waals surface area contributed by atoms with Crippen molar-refractivity contribution in [1.82, 2.24) is 4.90 Å². The van der Waals surface area contributed by atoms with Gasteiger partial charge in [-0.1, -0.05) is 35.3 Å². The van der Waals surface area contributed by atoms with Crippen molar-refractivity contribution < 1.29 is 28.8 Å². The van der Waals surface area contributed by atoms with E-state index in [0.29, 0.717) is 22.7 Å². The van der Waals surface area contributed by atoms with Crippen LogP contribution in [0.1, 0.15) is 32.3 Å². The van der Waals surface area contributed by atoms with Gasteiger partial charge < -0.3 is 14.4 Å². The molecule has 0 N–H and O–H groups in total. The van der Waals surface area contributed by atoms with Gasteiger partial charge in [0, 0.05) is 11.8 Å². The third-order valence-corrected chi connectivity index (χ3v) is 7.13. The zero-order valence-corrected chi connectivity index (χ0v) is 19.5. The van der Waals surface area contributed by atoms with Gasteiger partial charge >= 0.3 is 0 Å². The molecule has 1 fully saturated rings. The molecule has 0 spiro atoms. The molecule has 2 unspecified atom stereocenters. The molecule has 0 bridgehead atoms. The van der Waals surface area contributed by atoms with E-state index in [1.165, 1.54) is 29.2 Å². The first-order valence-electron chi connectivity index (χ1n) is 10.6. The van der Waals surface area contributed by atoms with Crippen LogP contribution in [-0.4, -0.2) is 40.4 Å².